The van der Waals surface area contributed by atoms with Crippen LogP contribution < -0.4 is 4.72 Å². The van der Waals surface area contributed by atoms with Crippen LogP contribution in [0.15, 0.2) is 34.0 Å². The van der Waals surface area contributed by atoms with Crippen molar-refractivity contribution in [3.05, 3.63) is 41.8 Å². The maximum absolute atomic E-state index is 13.2. The van der Waals surface area contributed by atoms with Crippen molar-refractivity contribution < 1.29 is 22.4 Å². The van der Waals surface area contributed by atoms with E-state index in [1.165, 1.54) is 0 Å². The molecule has 102 valence electrons. The highest BCUT2D eigenvalue weighted by Crippen LogP contribution is 2.15. The number of rotatable bonds is 5. The Hall–Kier alpha value is -1.84. The Bertz CT molecular complexity index is 657. The molecule has 9 heteroatoms. The van der Waals surface area contributed by atoms with Gasteiger partial charge in [0.2, 0.25) is 16.4 Å². The number of hydrogen-bond acceptors (Lipinski definition) is 6. The van der Waals surface area contributed by atoms with Crippen LogP contribution in [0.3, 0.4) is 0 Å². The summed E-state index contributed by atoms with van der Waals surface area (Å²) in [5, 5.41) is 12.3. The van der Waals surface area contributed by atoms with Crippen molar-refractivity contribution in [1.82, 2.24) is 14.9 Å². The van der Waals surface area contributed by atoms with Crippen molar-refractivity contribution in [2.24, 2.45) is 0 Å². The van der Waals surface area contributed by atoms with E-state index < -0.39 is 22.4 Å². The first-order valence-electron chi connectivity index (χ1n) is 5.17. The number of aliphatic hydroxyl groups excluding tert-OH is 1. The lowest BCUT2D eigenvalue weighted by atomic mass is 10.2. The van der Waals surface area contributed by atoms with Crippen molar-refractivity contribution in [2.45, 2.75) is 18.0 Å². The standard InChI is InChI=1S/C10H10FN3O4S/c11-9-2-1-8(3-7(9)5-15)19(16,17)13-4-10-12-6-18-14-10/h1-3,6,13,15H,4-5H2. The van der Waals surface area contributed by atoms with E-state index in [0.29, 0.717) is 0 Å². The largest absolute Gasteiger partial charge is 0.392 e. The van der Waals surface area contributed by atoms with E-state index >= 15 is 0 Å². The molecule has 0 fully saturated rings. The fraction of sp³-hybridized carbons (Fsp3) is 0.200. The van der Waals surface area contributed by atoms with E-state index in [1.807, 2.05) is 0 Å². The van der Waals surface area contributed by atoms with Gasteiger partial charge < -0.3 is 9.63 Å². The number of halogens is 1. The molecular weight excluding hydrogens is 277 g/mol. The van der Waals surface area contributed by atoms with Gasteiger partial charge in [-0.15, -0.1) is 0 Å². The monoisotopic (exact) mass is 287 g/mol. The molecule has 0 aliphatic carbocycles. The van der Waals surface area contributed by atoms with Gasteiger partial charge >= 0.3 is 0 Å². The summed E-state index contributed by atoms with van der Waals surface area (Å²) < 4.78 is 43.7. The van der Waals surface area contributed by atoms with Crippen LogP contribution in [-0.4, -0.2) is 23.7 Å². The Labute approximate surface area is 108 Å². The molecule has 0 amide bonds. The molecule has 19 heavy (non-hydrogen) atoms. The first kappa shape index (κ1) is 13.6. The highest BCUT2D eigenvalue weighted by atomic mass is 32.2. The normalized spacial score (nSPS) is 11.7. The average molecular weight is 287 g/mol. The van der Waals surface area contributed by atoms with Crippen molar-refractivity contribution in [2.75, 3.05) is 0 Å². The van der Waals surface area contributed by atoms with E-state index in [2.05, 4.69) is 19.4 Å². The summed E-state index contributed by atoms with van der Waals surface area (Å²) >= 11 is 0. The van der Waals surface area contributed by atoms with E-state index in [0.717, 1.165) is 24.6 Å². The summed E-state index contributed by atoms with van der Waals surface area (Å²) in [4.78, 5) is 3.50. The van der Waals surface area contributed by atoms with Crippen molar-refractivity contribution in [3.63, 3.8) is 0 Å². The molecule has 0 radical (unpaired) electrons. The molecule has 2 rings (SSSR count). The van der Waals surface area contributed by atoms with E-state index in [9.17, 15) is 12.8 Å². The lowest BCUT2D eigenvalue weighted by molar-refractivity contribution is 0.275. The zero-order valence-corrected chi connectivity index (χ0v) is 10.4. The van der Waals surface area contributed by atoms with Gasteiger partial charge in [-0.25, -0.2) is 17.5 Å². The molecule has 0 saturated carbocycles. The van der Waals surface area contributed by atoms with Crippen molar-refractivity contribution in [1.29, 1.82) is 0 Å². The summed E-state index contributed by atoms with van der Waals surface area (Å²) in [5.41, 5.74) is -0.0950. The van der Waals surface area contributed by atoms with Crippen LogP contribution in [-0.2, 0) is 23.2 Å². The van der Waals surface area contributed by atoms with Gasteiger partial charge in [0, 0.05) is 5.56 Å². The number of benzene rings is 1. The second-order valence-electron chi connectivity index (χ2n) is 3.58. The fourth-order valence-electron chi connectivity index (χ4n) is 1.35. The number of nitrogens with one attached hydrogen (secondary N) is 1. The molecule has 0 unspecified atom stereocenters. The molecule has 7 nitrogen and oxygen atoms in total. The predicted molar refractivity (Wildman–Crippen MR) is 60.6 cm³/mol. The zero-order chi connectivity index (χ0) is 13.9. The Morgan fingerprint density at radius 3 is 2.84 bits per heavy atom. The molecule has 2 aromatic rings. The molecule has 0 aliphatic heterocycles. The Balaban J connectivity index is 2.19. The van der Waals surface area contributed by atoms with E-state index in [4.69, 9.17) is 5.11 Å². The quantitative estimate of drug-likeness (QED) is 0.812. The molecule has 0 saturated heterocycles. The number of nitrogens with zero attached hydrogens (tertiary/aromatic N) is 2. The van der Waals surface area contributed by atoms with E-state index in [1.54, 1.807) is 0 Å². The van der Waals surface area contributed by atoms with Gasteiger partial charge in [0.25, 0.3) is 0 Å². The molecule has 0 aliphatic rings. The van der Waals surface area contributed by atoms with Crippen LogP contribution in [0.4, 0.5) is 4.39 Å². The minimum Gasteiger partial charge on any atom is -0.392 e. The predicted octanol–water partition coefficient (Wildman–Crippen LogP) is 0.179. The topological polar surface area (TPSA) is 105 Å². The van der Waals surface area contributed by atoms with Crippen LogP contribution in [0.1, 0.15) is 11.4 Å². The third kappa shape index (κ3) is 3.13. The van der Waals surface area contributed by atoms with Crippen LogP contribution in [0, 0.1) is 5.82 Å². The minimum atomic E-state index is -3.84. The fourth-order valence-corrected chi connectivity index (χ4v) is 2.38. The number of aromatic nitrogens is 2. The molecule has 1 aromatic heterocycles. The van der Waals surface area contributed by atoms with Gasteiger partial charge in [0.05, 0.1) is 18.0 Å². The average Bonchev–Trinajstić information content (AvgIpc) is 2.90. The molecule has 0 spiro atoms. The van der Waals surface area contributed by atoms with Crippen molar-refractivity contribution >= 4 is 10.0 Å². The summed E-state index contributed by atoms with van der Waals surface area (Å²) in [6, 6.07) is 3.15. The Morgan fingerprint density at radius 1 is 1.42 bits per heavy atom. The number of sulfonamides is 1. The van der Waals surface area contributed by atoms with Crippen molar-refractivity contribution in [3.8, 4) is 0 Å². The van der Waals surface area contributed by atoms with Gasteiger partial charge in [-0.1, -0.05) is 5.16 Å². The van der Waals surface area contributed by atoms with Crippen LogP contribution in [0.2, 0.25) is 0 Å². The Morgan fingerprint density at radius 2 is 2.21 bits per heavy atom. The van der Waals surface area contributed by atoms with Gasteiger partial charge in [-0.05, 0) is 18.2 Å². The first-order valence-corrected chi connectivity index (χ1v) is 6.65. The second-order valence-corrected chi connectivity index (χ2v) is 5.35. The molecular formula is C10H10FN3O4S. The molecule has 2 N–H and O–H groups in total. The molecule has 0 atom stereocenters. The summed E-state index contributed by atoms with van der Waals surface area (Å²) in [6.45, 7) is -0.731. The summed E-state index contributed by atoms with van der Waals surface area (Å²) in [5.74, 6) is -0.493. The highest BCUT2D eigenvalue weighted by molar-refractivity contribution is 7.89. The van der Waals surface area contributed by atoms with Gasteiger partial charge in [-0.3, -0.25) is 0 Å². The van der Waals surface area contributed by atoms with Gasteiger partial charge in [-0.2, -0.15) is 4.98 Å². The van der Waals surface area contributed by atoms with Crippen LogP contribution in [0.25, 0.3) is 0 Å². The maximum Gasteiger partial charge on any atom is 0.240 e. The molecule has 1 aromatic carbocycles. The first-order chi connectivity index (χ1) is 9.03. The van der Waals surface area contributed by atoms with Gasteiger partial charge in [0.15, 0.2) is 5.82 Å². The third-order valence-electron chi connectivity index (χ3n) is 2.33. The lowest BCUT2D eigenvalue weighted by Crippen LogP contribution is -2.24. The van der Waals surface area contributed by atoms with Crippen LogP contribution >= 0.6 is 0 Å². The third-order valence-corrected chi connectivity index (χ3v) is 3.72. The smallest absolute Gasteiger partial charge is 0.240 e. The summed E-state index contributed by atoms with van der Waals surface area (Å²) in [7, 11) is -3.84. The van der Waals surface area contributed by atoms with Crippen LogP contribution in [0.5, 0.6) is 0 Å². The Kier molecular flexibility index (Phi) is 3.88. The molecule has 1 heterocycles. The minimum absolute atomic E-state index is 0.0950. The maximum atomic E-state index is 13.2. The SMILES string of the molecule is O=S(=O)(NCc1ncon1)c1ccc(F)c(CO)c1. The lowest BCUT2D eigenvalue weighted by Gasteiger charge is -2.06. The summed E-state index contributed by atoms with van der Waals surface area (Å²) in [6.07, 6.45) is 1.07. The highest BCUT2D eigenvalue weighted by Gasteiger charge is 2.16. The molecule has 0 bridgehead atoms. The van der Waals surface area contributed by atoms with E-state index in [-0.39, 0.29) is 22.8 Å². The van der Waals surface area contributed by atoms with Gasteiger partial charge in [0.1, 0.15) is 5.82 Å². The number of hydrogen-bond donors (Lipinski definition) is 2. The second kappa shape index (κ2) is 5.43. The zero-order valence-electron chi connectivity index (χ0n) is 9.58. The number of aliphatic hydroxyl groups is 1.